The molecule has 9 rings (SSSR count). The third-order valence-corrected chi connectivity index (χ3v) is 12.6. The monoisotopic (exact) mass is 675 g/mol. The Kier molecular flexibility index (Phi) is 7.14. The van der Waals surface area contributed by atoms with Crippen LogP contribution in [0.4, 0.5) is 17.1 Å². The summed E-state index contributed by atoms with van der Waals surface area (Å²) in [6, 6.07) is 49.1. The van der Waals surface area contributed by atoms with Crippen molar-refractivity contribution in [2.45, 2.75) is 45.4 Å². The van der Waals surface area contributed by atoms with Gasteiger partial charge in [0.05, 0.1) is 10.4 Å². The lowest BCUT2D eigenvalue weighted by Crippen LogP contribution is -2.16. The third-order valence-electron chi connectivity index (χ3n) is 11.4. The van der Waals surface area contributed by atoms with E-state index in [1.165, 1.54) is 81.5 Å². The summed E-state index contributed by atoms with van der Waals surface area (Å²) in [5.74, 6) is 0. The van der Waals surface area contributed by atoms with Crippen LogP contribution in [0.25, 0.3) is 42.4 Å². The summed E-state index contributed by atoms with van der Waals surface area (Å²) in [6.07, 6.45) is 4.40. The summed E-state index contributed by atoms with van der Waals surface area (Å²) in [4.78, 5) is 2.43. The average molecular weight is 676 g/mol. The Labute approximate surface area is 305 Å². The van der Waals surface area contributed by atoms with Gasteiger partial charge in [-0.25, -0.2) is 0 Å². The molecular formula is C49H41NS. The zero-order valence-corrected chi connectivity index (χ0v) is 30.7. The van der Waals surface area contributed by atoms with Gasteiger partial charge in [0.1, 0.15) is 0 Å². The van der Waals surface area contributed by atoms with Crippen LogP contribution >= 0.6 is 11.3 Å². The number of nitrogens with zero attached hydrogens (tertiary/aromatic N) is 1. The Bertz CT molecular complexity index is 2590. The average Bonchev–Trinajstić information content (AvgIpc) is 3.72. The molecule has 0 atom stereocenters. The smallest absolute Gasteiger partial charge is 0.0640 e. The van der Waals surface area contributed by atoms with Crippen molar-refractivity contribution in [2.75, 3.05) is 4.90 Å². The Balaban J connectivity index is 1.16. The fraction of sp³-hybridized carbons (Fsp3) is 0.143. The van der Waals surface area contributed by atoms with Crippen LogP contribution in [0.5, 0.6) is 0 Å². The first-order valence-corrected chi connectivity index (χ1v) is 18.7. The number of para-hydroxylation sites is 1. The third kappa shape index (κ3) is 4.66. The highest BCUT2D eigenvalue weighted by molar-refractivity contribution is 7.26. The van der Waals surface area contributed by atoms with Crippen LogP contribution in [-0.2, 0) is 10.8 Å². The van der Waals surface area contributed by atoms with Crippen LogP contribution in [0.1, 0.15) is 62.4 Å². The van der Waals surface area contributed by atoms with Gasteiger partial charge >= 0.3 is 0 Å². The van der Waals surface area contributed by atoms with Crippen molar-refractivity contribution in [3.05, 3.63) is 186 Å². The van der Waals surface area contributed by atoms with Crippen molar-refractivity contribution in [1.82, 2.24) is 0 Å². The maximum absolute atomic E-state index is 4.20. The molecule has 1 nitrogen and oxygen atoms in total. The number of anilines is 3. The lowest BCUT2D eigenvalue weighted by molar-refractivity contribution is 0.654. The van der Waals surface area contributed by atoms with Crippen molar-refractivity contribution >= 4 is 59.7 Å². The number of rotatable bonds is 6. The predicted octanol–water partition coefficient (Wildman–Crippen LogP) is 14.2. The molecule has 1 aromatic heterocycles. The van der Waals surface area contributed by atoms with Gasteiger partial charge in [-0.15, -0.1) is 11.3 Å². The second kappa shape index (κ2) is 11.5. The van der Waals surface area contributed by atoms with Gasteiger partial charge in [-0.1, -0.05) is 143 Å². The first-order chi connectivity index (χ1) is 24.7. The maximum Gasteiger partial charge on any atom is 0.0640 e. The summed E-state index contributed by atoms with van der Waals surface area (Å²) in [5, 5.41) is 2.72. The zero-order chi connectivity index (χ0) is 35.1. The van der Waals surface area contributed by atoms with Crippen molar-refractivity contribution in [1.29, 1.82) is 0 Å². The molecule has 0 fully saturated rings. The van der Waals surface area contributed by atoms with Gasteiger partial charge in [-0.05, 0) is 99.0 Å². The van der Waals surface area contributed by atoms with Crippen LogP contribution in [-0.4, -0.2) is 0 Å². The van der Waals surface area contributed by atoms with E-state index >= 15 is 0 Å². The highest BCUT2D eigenvalue weighted by Crippen LogP contribution is 2.55. The second-order valence-corrected chi connectivity index (χ2v) is 16.1. The normalized spacial score (nSPS) is 15.6. The molecule has 0 saturated heterocycles. The lowest BCUT2D eigenvalue weighted by Gasteiger charge is -2.26. The summed E-state index contributed by atoms with van der Waals surface area (Å²) in [7, 11) is 0. The molecule has 2 aliphatic rings. The van der Waals surface area contributed by atoms with E-state index in [9.17, 15) is 0 Å². The zero-order valence-electron chi connectivity index (χ0n) is 29.9. The minimum Gasteiger partial charge on any atom is -0.309 e. The predicted molar refractivity (Wildman–Crippen MR) is 222 cm³/mol. The van der Waals surface area contributed by atoms with Crippen LogP contribution < -0.4 is 4.90 Å². The number of benzene rings is 6. The van der Waals surface area contributed by atoms with Gasteiger partial charge in [-0.3, -0.25) is 0 Å². The molecule has 2 aliphatic carbocycles. The van der Waals surface area contributed by atoms with E-state index in [4.69, 9.17) is 0 Å². The Morgan fingerprint density at radius 3 is 2.00 bits per heavy atom. The Morgan fingerprint density at radius 1 is 0.627 bits per heavy atom. The topological polar surface area (TPSA) is 3.24 Å². The second-order valence-electron chi connectivity index (χ2n) is 15.0. The standard InChI is InChI=1S/C49H41NS/c1-7-35-36-18-11-13-21-40(36)48(3,4)42(35)30-31(2)32-24-26-34(27-25-32)50(33-16-9-8-10-17-33)43-23-15-20-39-45-44(51-47(39)43)29-28-38-37-19-12-14-22-41(37)49(5,6)46(38)45/h7-30H,1H2,2-6H3/b31-30+. The molecule has 0 amide bonds. The number of hydrogen-bond donors (Lipinski definition) is 0. The Hall–Kier alpha value is -5.44. The fourth-order valence-electron chi connectivity index (χ4n) is 8.87. The quantitative estimate of drug-likeness (QED) is 0.170. The molecule has 0 aliphatic heterocycles. The number of fused-ring (bicyclic) bond motifs is 8. The molecule has 51 heavy (non-hydrogen) atoms. The molecule has 0 saturated carbocycles. The molecule has 0 bridgehead atoms. The van der Waals surface area contributed by atoms with E-state index in [2.05, 4.69) is 186 Å². The van der Waals surface area contributed by atoms with Crippen molar-refractivity contribution < 1.29 is 0 Å². The SMILES string of the molecule is C=CC1=C(/C=C(\C)c2ccc(N(c3ccccc3)c3cccc4c3sc3ccc5c(c34)C(C)(C)c3ccccc3-5)cc2)C(C)(C)c2ccccc21. The largest absolute Gasteiger partial charge is 0.309 e. The van der Waals surface area contributed by atoms with E-state index in [0.717, 1.165) is 11.4 Å². The first kappa shape index (κ1) is 31.5. The highest BCUT2D eigenvalue weighted by Gasteiger charge is 2.38. The molecule has 0 spiro atoms. The highest BCUT2D eigenvalue weighted by atomic mass is 32.1. The molecule has 7 aromatic rings. The van der Waals surface area contributed by atoms with Gasteiger partial charge in [0, 0.05) is 37.7 Å². The maximum atomic E-state index is 4.20. The van der Waals surface area contributed by atoms with Crippen LogP contribution in [0.2, 0.25) is 0 Å². The van der Waals surface area contributed by atoms with Gasteiger partial charge in [-0.2, -0.15) is 0 Å². The van der Waals surface area contributed by atoms with Gasteiger partial charge in [0.25, 0.3) is 0 Å². The molecule has 0 N–H and O–H groups in total. The van der Waals surface area contributed by atoms with E-state index in [1.807, 2.05) is 17.4 Å². The number of thiophene rings is 1. The van der Waals surface area contributed by atoms with E-state index in [-0.39, 0.29) is 10.8 Å². The molecule has 0 unspecified atom stereocenters. The molecule has 0 radical (unpaired) electrons. The van der Waals surface area contributed by atoms with E-state index in [1.54, 1.807) is 0 Å². The minimum atomic E-state index is -0.0908. The molecular weight excluding hydrogens is 635 g/mol. The summed E-state index contributed by atoms with van der Waals surface area (Å²) >= 11 is 1.91. The van der Waals surface area contributed by atoms with Crippen molar-refractivity contribution in [2.24, 2.45) is 0 Å². The van der Waals surface area contributed by atoms with Crippen molar-refractivity contribution in [3.63, 3.8) is 0 Å². The molecule has 1 heterocycles. The minimum absolute atomic E-state index is 0.0746. The summed E-state index contributed by atoms with van der Waals surface area (Å²) < 4.78 is 2.65. The van der Waals surface area contributed by atoms with Gasteiger partial charge < -0.3 is 4.90 Å². The Morgan fingerprint density at radius 2 is 1.27 bits per heavy atom. The van der Waals surface area contributed by atoms with E-state index < -0.39 is 0 Å². The number of hydrogen-bond acceptors (Lipinski definition) is 2. The molecule has 248 valence electrons. The number of allylic oxidation sites excluding steroid dienone is 5. The summed E-state index contributed by atoms with van der Waals surface area (Å²) in [5.41, 5.74) is 16.6. The fourth-order valence-corrected chi connectivity index (χ4v) is 10.1. The van der Waals surface area contributed by atoms with E-state index in [0.29, 0.717) is 0 Å². The lowest BCUT2D eigenvalue weighted by atomic mass is 9.80. The first-order valence-electron chi connectivity index (χ1n) is 17.9. The van der Waals surface area contributed by atoms with Crippen LogP contribution in [0, 0.1) is 0 Å². The van der Waals surface area contributed by atoms with Crippen LogP contribution in [0.3, 0.4) is 0 Å². The molecule has 6 aromatic carbocycles. The van der Waals surface area contributed by atoms with Gasteiger partial charge in [0.2, 0.25) is 0 Å². The summed E-state index contributed by atoms with van der Waals surface area (Å²) in [6.45, 7) is 15.9. The van der Waals surface area contributed by atoms with Crippen LogP contribution in [0.15, 0.2) is 158 Å². The molecule has 2 heteroatoms. The van der Waals surface area contributed by atoms with Gasteiger partial charge in [0.15, 0.2) is 0 Å². The van der Waals surface area contributed by atoms with Crippen molar-refractivity contribution in [3.8, 4) is 11.1 Å².